The second-order valence-corrected chi connectivity index (χ2v) is 6.80. The quantitative estimate of drug-likeness (QED) is 0.790. The van der Waals surface area contributed by atoms with Crippen LogP contribution in [0.25, 0.3) is 0 Å². The van der Waals surface area contributed by atoms with Crippen molar-refractivity contribution in [2.45, 2.75) is 52.0 Å². The molecule has 17 heavy (non-hydrogen) atoms. The van der Waals surface area contributed by atoms with Gasteiger partial charge in [-0.3, -0.25) is 4.79 Å². The van der Waals surface area contributed by atoms with Crippen LogP contribution in [0.5, 0.6) is 0 Å². The smallest absolute Gasteiger partial charge is 0.225 e. The molecule has 1 fully saturated rings. The first kappa shape index (κ1) is 14.8. The normalized spacial score (nSPS) is 26.9. The van der Waals surface area contributed by atoms with Crippen molar-refractivity contribution in [2.24, 2.45) is 11.3 Å². The van der Waals surface area contributed by atoms with E-state index in [1.807, 2.05) is 6.92 Å². The third-order valence-corrected chi connectivity index (χ3v) is 3.21. The summed E-state index contributed by atoms with van der Waals surface area (Å²) in [6.45, 7) is 9.53. The minimum absolute atomic E-state index is 0.00121. The molecule has 0 aromatic heterocycles. The summed E-state index contributed by atoms with van der Waals surface area (Å²) in [5, 5.41) is 2.92. The van der Waals surface area contributed by atoms with Gasteiger partial charge in [0.05, 0.1) is 24.0 Å². The lowest BCUT2D eigenvalue weighted by Crippen LogP contribution is -2.36. The third kappa shape index (κ3) is 5.73. The van der Waals surface area contributed by atoms with E-state index in [2.05, 4.69) is 26.1 Å². The van der Waals surface area contributed by atoms with E-state index in [1.54, 1.807) is 0 Å². The minimum atomic E-state index is -0.00121. The first-order chi connectivity index (χ1) is 7.78. The molecule has 0 aromatic rings. The second kappa shape index (κ2) is 6.05. The maximum atomic E-state index is 11.8. The van der Waals surface area contributed by atoms with Gasteiger partial charge in [-0.15, -0.1) is 11.6 Å². The van der Waals surface area contributed by atoms with E-state index in [0.717, 1.165) is 12.8 Å². The lowest BCUT2D eigenvalue weighted by atomic mass is 9.90. The summed E-state index contributed by atoms with van der Waals surface area (Å²) in [6.07, 6.45) is 1.91. The van der Waals surface area contributed by atoms with Crippen molar-refractivity contribution < 1.29 is 9.53 Å². The maximum absolute atomic E-state index is 11.8. The number of hydrogen-bond acceptors (Lipinski definition) is 2. The van der Waals surface area contributed by atoms with E-state index < -0.39 is 0 Å². The number of nitrogens with one attached hydrogen (secondary N) is 1. The Hall–Kier alpha value is -0.280. The van der Waals surface area contributed by atoms with Gasteiger partial charge in [0.25, 0.3) is 0 Å². The summed E-state index contributed by atoms with van der Waals surface area (Å²) in [7, 11) is 0. The van der Waals surface area contributed by atoms with Crippen LogP contribution in [-0.2, 0) is 9.53 Å². The summed E-state index contributed by atoms with van der Waals surface area (Å²) in [5.41, 5.74) is 0.197. The average molecular weight is 262 g/mol. The SMILES string of the molecule is CC1CC(C(=O)NCC(Cl)CC(C)(C)C)CO1. The van der Waals surface area contributed by atoms with Crippen molar-refractivity contribution in [3.63, 3.8) is 0 Å². The molecule has 0 aliphatic carbocycles. The van der Waals surface area contributed by atoms with Crippen molar-refractivity contribution in [3.05, 3.63) is 0 Å². The van der Waals surface area contributed by atoms with E-state index >= 15 is 0 Å². The van der Waals surface area contributed by atoms with E-state index in [-0.39, 0.29) is 28.7 Å². The van der Waals surface area contributed by atoms with Gasteiger partial charge in [0.1, 0.15) is 0 Å². The average Bonchev–Trinajstić information content (AvgIpc) is 2.58. The number of alkyl halides is 1. The molecule has 3 nitrogen and oxygen atoms in total. The molecule has 1 N–H and O–H groups in total. The van der Waals surface area contributed by atoms with Crippen molar-refractivity contribution >= 4 is 17.5 Å². The third-order valence-electron chi connectivity index (χ3n) is 2.90. The van der Waals surface area contributed by atoms with Crippen LogP contribution in [0.15, 0.2) is 0 Å². The first-order valence-electron chi connectivity index (χ1n) is 6.31. The van der Waals surface area contributed by atoms with Crippen LogP contribution in [0.4, 0.5) is 0 Å². The lowest BCUT2D eigenvalue weighted by molar-refractivity contribution is -0.124. The number of amides is 1. The number of carbonyl (C=O) groups is 1. The van der Waals surface area contributed by atoms with Crippen molar-refractivity contribution in [1.82, 2.24) is 5.32 Å². The van der Waals surface area contributed by atoms with Crippen LogP contribution >= 0.6 is 11.6 Å². The zero-order chi connectivity index (χ0) is 13.1. The summed E-state index contributed by atoms with van der Waals surface area (Å²) in [6, 6.07) is 0. The Balaban J connectivity index is 2.24. The van der Waals surface area contributed by atoms with Crippen LogP contribution in [0.3, 0.4) is 0 Å². The highest BCUT2D eigenvalue weighted by atomic mass is 35.5. The molecular weight excluding hydrogens is 238 g/mol. The van der Waals surface area contributed by atoms with Gasteiger partial charge in [-0.25, -0.2) is 0 Å². The molecule has 1 rings (SSSR count). The first-order valence-corrected chi connectivity index (χ1v) is 6.75. The van der Waals surface area contributed by atoms with Crippen LogP contribution in [-0.4, -0.2) is 30.5 Å². The Kier molecular flexibility index (Phi) is 5.26. The predicted octanol–water partition coefficient (Wildman–Crippen LogP) is 2.57. The molecule has 4 heteroatoms. The number of ether oxygens (including phenoxy) is 1. The van der Waals surface area contributed by atoms with E-state index in [4.69, 9.17) is 16.3 Å². The molecule has 1 heterocycles. The van der Waals surface area contributed by atoms with Crippen molar-refractivity contribution in [3.8, 4) is 0 Å². The Bertz CT molecular complexity index is 263. The van der Waals surface area contributed by atoms with Crippen LogP contribution < -0.4 is 5.32 Å². The van der Waals surface area contributed by atoms with Crippen LogP contribution in [0.2, 0.25) is 0 Å². The highest BCUT2D eigenvalue weighted by Crippen LogP contribution is 2.23. The van der Waals surface area contributed by atoms with Gasteiger partial charge in [-0.05, 0) is 25.2 Å². The number of hydrogen-bond donors (Lipinski definition) is 1. The van der Waals surface area contributed by atoms with Crippen molar-refractivity contribution in [1.29, 1.82) is 0 Å². The van der Waals surface area contributed by atoms with Gasteiger partial charge in [0.15, 0.2) is 0 Å². The summed E-state index contributed by atoms with van der Waals surface area (Å²) in [4.78, 5) is 11.8. The molecule has 0 saturated carbocycles. The molecule has 0 spiro atoms. The molecule has 1 saturated heterocycles. The van der Waals surface area contributed by atoms with E-state index in [1.165, 1.54) is 0 Å². The molecule has 3 atom stereocenters. The summed E-state index contributed by atoms with van der Waals surface area (Å²) >= 11 is 6.20. The van der Waals surface area contributed by atoms with Crippen LogP contribution in [0.1, 0.15) is 40.5 Å². The minimum Gasteiger partial charge on any atom is -0.378 e. The molecule has 1 aliphatic heterocycles. The van der Waals surface area contributed by atoms with Gasteiger partial charge >= 0.3 is 0 Å². The zero-order valence-electron chi connectivity index (χ0n) is 11.3. The molecule has 100 valence electrons. The standard InChI is InChI=1S/C13H24ClNO2/c1-9-5-10(8-17-9)12(16)15-7-11(14)6-13(2,3)4/h9-11H,5-8H2,1-4H3,(H,15,16). The Morgan fingerprint density at radius 2 is 2.18 bits per heavy atom. The fourth-order valence-corrected chi connectivity index (χ4v) is 2.63. The number of rotatable bonds is 4. The number of halogens is 1. The Labute approximate surface area is 109 Å². The fourth-order valence-electron chi connectivity index (χ4n) is 2.09. The van der Waals surface area contributed by atoms with Gasteiger partial charge in [0.2, 0.25) is 5.91 Å². The summed E-state index contributed by atoms with van der Waals surface area (Å²) < 4.78 is 5.38. The van der Waals surface area contributed by atoms with Gasteiger partial charge in [-0.2, -0.15) is 0 Å². The monoisotopic (exact) mass is 261 g/mol. The Morgan fingerprint density at radius 3 is 2.65 bits per heavy atom. The van der Waals surface area contributed by atoms with Gasteiger partial charge in [0, 0.05) is 6.54 Å². The largest absolute Gasteiger partial charge is 0.378 e. The molecule has 1 aliphatic rings. The molecule has 3 unspecified atom stereocenters. The van der Waals surface area contributed by atoms with Gasteiger partial charge < -0.3 is 10.1 Å². The number of carbonyl (C=O) groups excluding carboxylic acids is 1. The van der Waals surface area contributed by atoms with E-state index in [0.29, 0.717) is 13.2 Å². The molecule has 0 bridgehead atoms. The predicted molar refractivity (Wildman–Crippen MR) is 70.2 cm³/mol. The topological polar surface area (TPSA) is 38.3 Å². The fraction of sp³-hybridized carbons (Fsp3) is 0.923. The van der Waals surface area contributed by atoms with Gasteiger partial charge in [-0.1, -0.05) is 20.8 Å². The molecule has 1 amide bonds. The Morgan fingerprint density at radius 1 is 1.53 bits per heavy atom. The van der Waals surface area contributed by atoms with E-state index in [9.17, 15) is 4.79 Å². The highest BCUT2D eigenvalue weighted by Gasteiger charge is 2.28. The van der Waals surface area contributed by atoms with Crippen LogP contribution in [0, 0.1) is 11.3 Å². The molecule has 0 aromatic carbocycles. The maximum Gasteiger partial charge on any atom is 0.225 e. The molecular formula is C13H24ClNO2. The second-order valence-electron chi connectivity index (χ2n) is 6.18. The van der Waals surface area contributed by atoms with Crippen molar-refractivity contribution in [2.75, 3.05) is 13.2 Å². The molecule has 0 radical (unpaired) electrons. The summed E-state index contributed by atoms with van der Waals surface area (Å²) in [5.74, 6) is 0.0809. The highest BCUT2D eigenvalue weighted by molar-refractivity contribution is 6.20. The zero-order valence-corrected chi connectivity index (χ0v) is 12.0. The lowest BCUT2D eigenvalue weighted by Gasteiger charge is -2.22.